The predicted octanol–water partition coefficient (Wildman–Crippen LogP) is 0.874. The molecule has 24 heavy (non-hydrogen) atoms. The van der Waals surface area contributed by atoms with Gasteiger partial charge in [0.25, 0.3) is 0 Å². The summed E-state index contributed by atoms with van der Waals surface area (Å²) in [7, 11) is -4.31. The Morgan fingerprint density at radius 1 is 0.792 bits per heavy atom. The molecule has 0 saturated heterocycles. The molecule has 0 fully saturated rings. The van der Waals surface area contributed by atoms with Gasteiger partial charge in [0.05, 0.1) is 4.90 Å². The number of rotatable bonds is 12. The largest absolute Gasteiger partial charge is 1.00 e. The van der Waals surface area contributed by atoms with Crippen molar-refractivity contribution in [1.82, 2.24) is 0 Å². The zero-order valence-corrected chi connectivity index (χ0v) is 22.3. The van der Waals surface area contributed by atoms with Gasteiger partial charge in [-0.25, -0.2) is 8.42 Å². The number of unbranched alkanes of at least 4 members (excludes halogenated alkanes) is 9. The Hall–Kier alpha value is 1.32. The van der Waals surface area contributed by atoms with Crippen molar-refractivity contribution in [2.45, 2.75) is 82.4 Å². The molecule has 1 atom stereocenters. The van der Waals surface area contributed by atoms with Crippen LogP contribution < -0.4 is 51.4 Å². The third-order valence-corrected chi connectivity index (χ3v) is 4.88. The third kappa shape index (κ3) is 13.5. The van der Waals surface area contributed by atoms with E-state index in [-0.39, 0.29) is 74.2 Å². The van der Waals surface area contributed by atoms with Crippen LogP contribution in [0.4, 0.5) is 0 Å². The van der Waals surface area contributed by atoms with Gasteiger partial charge in [-0.2, -0.15) is 0 Å². The van der Waals surface area contributed by atoms with Crippen molar-refractivity contribution in [2.75, 3.05) is 0 Å². The molecule has 0 bridgehead atoms. The molecule has 0 N–H and O–H groups in total. The fourth-order valence-electron chi connectivity index (χ4n) is 2.64. The van der Waals surface area contributed by atoms with Crippen molar-refractivity contribution in [1.29, 1.82) is 0 Å². The van der Waals surface area contributed by atoms with Crippen LogP contribution in [0, 0.1) is 0 Å². The Kier molecular flexibility index (Phi) is 18.9. The summed E-state index contributed by atoms with van der Waals surface area (Å²) in [6.07, 6.45) is 14.0. The van der Waals surface area contributed by atoms with Crippen LogP contribution in [0.15, 0.2) is 29.2 Å². The van der Waals surface area contributed by atoms with Gasteiger partial charge in [0.2, 0.25) is 0 Å². The van der Waals surface area contributed by atoms with Crippen LogP contribution in [0.1, 0.15) is 76.7 Å². The minimum Gasteiger partial charge on any atom is 1.00 e. The molecule has 1 aromatic carbocycles. The van der Waals surface area contributed by atoms with Crippen LogP contribution in [-0.4, -0.2) is 30.9 Å². The van der Waals surface area contributed by atoms with E-state index in [1.807, 2.05) is 0 Å². The molecule has 0 aliphatic rings. The summed E-state index contributed by atoms with van der Waals surface area (Å²) < 4.78 is 32.5. The fraction of sp³-hybridized carbons (Fsp3) is 0.667. The fourth-order valence-corrected chi connectivity index (χ4v) is 3.11. The van der Waals surface area contributed by atoms with Crippen LogP contribution in [0.5, 0.6) is 0 Å². The van der Waals surface area contributed by atoms with Gasteiger partial charge in [-0.15, -0.1) is 0 Å². The van der Waals surface area contributed by atoms with Crippen LogP contribution in [-0.2, 0) is 16.5 Å². The first-order valence-corrected chi connectivity index (χ1v) is 9.99. The molecule has 0 aliphatic heterocycles. The number of aryl methyl sites for hydroxylation is 1. The van der Waals surface area contributed by atoms with E-state index >= 15 is 0 Å². The van der Waals surface area contributed by atoms with Crippen LogP contribution in [0.2, 0.25) is 0 Å². The summed E-state index contributed by atoms with van der Waals surface area (Å²) in [6.45, 7) is 2.24. The maximum Gasteiger partial charge on any atom is 1.00 e. The van der Waals surface area contributed by atoms with Gasteiger partial charge in [-0.1, -0.05) is 76.8 Å². The second-order valence-corrected chi connectivity index (χ2v) is 7.41. The summed E-state index contributed by atoms with van der Waals surface area (Å²) in [4.78, 5) is -0.140. The maximum atomic E-state index is 10.8. The van der Waals surface area contributed by atoms with E-state index in [2.05, 4.69) is 6.92 Å². The topological polar surface area (TPSA) is 57.2 Å². The second-order valence-electron chi connectivity index (χ2n) is 6.03. The molecule has 1 unspecified atom stereocenters. The molecule has 134 valence electrons. The molecule has 0 radical (unpaired) electrons. The standard InChI is InChI=1S/C18H30O3S.AsH3.K/c1-2-3-4-5-6-7-8-9-10-11-12-17-13-15-18(16-14-17)22(19,20)21;;/h13-16H,2-12H2,1H3,(H,19,20,21);1H3;/q;;+1/p-1. The van der Waals surface area contributed by atoms with Crippen molar-refractivity contribution in [3.05, 3.63) is 29.8 Å². The van der Waals surface area contributed by atoms with E-state index in [4.69, 9.17) is 0 Å². The Morgan fingerprint density at radius 2 is 1.21 bits per heavy atom. The zero-order chi connectivity index (χ0) is 16.3. The molecular formula is C18H32AsKO3S. The number of hydrogen-bond donors (Lipinski definition) is 0. The summed E-state index contributed by atoms with van der Waals surface area (Å²) in [5.41, 5.74) is 1.10. The summed E-state index contributed by atoms with van der Waals surface area (Å²) in [5, 5.41) is 0. The second kappa shape index (κ2) is 16.5. The Morgan fingerprint density at radius 3 is 1.62 bits per heavy atom. The van der Waals surface area contributed by atoms with Crippen molar-refractivity contribution in [3.63, 3.8) is 0 Å². The molecule has 1 aromatic rings. The van der Waals surface area contributed by atoms with E-state index in [1.54, 1.807) is 12.1 Å². The zero-order valence-electron chi connectivity index (χ0n) is 15.4. The molecule has 0 spiro atoms. The molecule has 1 rings (SSSR count). The van der Waals surface area contributed by atoms with E-state index in [9.17, 15) is 13.0 Å². The van der Waals surface area contributed by atoms with Crippen molar-refractivity contribution < 1.29 is 64.4 Å². The van der Waals surface area contributed by atoms with Crippen molar-refractivity contribution in [3.8, 4) is 0 Å². The Balaban J connectivity index is 0. The SMILES string of the molecule is CCCCCCCCCCCCc1ccc(S(=O)(=O)[O-])cc1.[AsH3].[K+]. The molecular weight excluding hydrogens is 410 g/mol. The van der Waals surface area contributed by atoms with E-state index < -0.39 is 10.1 Å². The summed E-state index contributed by atoms with van der Waals surface area (Å²) >= 11 is 0. The molecule has 0 aliphatic carbocycles. The first-order valence-electron chi connectivity index (χ1n) is 8.59. The normalized spacial score (nSPS) is 10.8. The predicted molar refractivity (Wildman–Crippen MR) is 99.9 cm³/mol. The van der Waals surface area contributed by atoms with Gasteiger partial charge in [0.15, 0.2) is 0 Å². The third-order valence-electron chi connectivity index (χ3n) is 4.03. The maximum absolute atomic E-state index is 10.8. The average Bonchev–Trinajstić information content (AvgIpc) is 2.49. The monoisotopic (exact) mass is 442 g/mol. The van der Waals surface area contributed by atoms with Crippen molar-refractivity contribution >= 4 is 28.1 Å². The minimum absolute atomic E-state index is 0. The van der Waals surface area contributed by atoms with Gasteiger partial charge in [-0.3, -0.25) is 0 Å². The van der Waals surface area contributed by atoms with Crippen LogP contribution in [0.25, 0.3) is 0 Å². The first-order chi connectivity index (χ1) is 10.5. The number of benzene rings is 1. The van der Waals surface area contributed by atoms with E-state index in [0.717, 1.165) is 18.4 Å². The molecule has 3 nitrogen and oxygen atoms in total. The number of hydrogen-bond acceptors (Lipinski definition) is 3. The minimum atomic E-state index is -4.31. The van der Waals surface area contributed by atoms with E-state index in [1.165, 1.54) is 69.9 Å². The van der Waals surface area contributed by atoms with Gasteiger partial charge in [0, 0.05) is 0 Å². The van der Waals surface area contributed by atoms with Crippen molar-refractivity contribution in [2.24, 2.45) is 0 Å². The first kappa shape index (κ1) is 27.5. The molecule has 0 aromatic heterocycles. The molecule has 0 saturated carbocycles. The Bertz CT molecular complexity index is 504. The van der Waals surface area contributed by atoms with Crippen LogP contribution >= 0.6 is 0 Å². The quantitative estimate of drug-likeness (QED) is 0.274. The Labute approximate surface area is 202 Å². The van der Waals surface area contributed by atoms with E-state index in [0.29, 0.717) is 0 Å². The van der Waals surface area contributed by atoms with Gasteiger partial charge in [0.1, 0.15) is 10.1 Å². The van der Waals surface area contributed by atoms with Gasteiger partial charge in [-0.05, 0) is 30.5 Å². The molecule has 6 heteroatoms. The average molecular weight is 443 g/mol. The van der Waals surface area contributed by atoms with Gasteiger partial charge < -0.3 is 4.55 Å². The van der Waals surface area contributed by atoms with Gasteiger partial charge >= 0.3 is 69.3 Å². The van der Waals surface area contributed by atoms with Crippen LogP contribution in [0.3, 0.4) is 0 Å². The summed E-state index contributed by atoms with van der Waals surface area (Å²) in [6, 6.07) is 6.32. The molecule has 0 amide bonds. The summed E-state index contributed by atoms with van der Waals surface area (Å²) in [5.74, 6) is 0. The smallest absolute Gasteiger partial charge is 1.00 e. The molecule has 0 heterocycles.